The zero-order chi connectivity index (χ0) is 13.9. The van der Waals surface area contributed by atoms with Crippen molar-refractivity contribution in [2.45, 2.75) is 16.7 Å². The summed E-state index contributed by atoms with van der Waals surface area (Å²) < 4.78 is 0. The molecule has 0 saturated heterocycles. The molecule has 0 heterocycles. The van der Waals surface area contributed by atoms with Crippen LogP contribution < -0.4 is 0 Å². The molecule has 0 atom stereocenters. The predicted molar refractivity (Wildman–Crippen MR) is 84.5 cm³/mol. The lowest BCUT2D eigenvalue weighted by atomic mass is 10.1. The highest BCUT2D eigenvalue weighted by molar-refractivity contribution is 7.99. The number of carbonyl (C=O) groups excluding carboxylic acids is 1. The molecule has 3 aromatic carbocycles. The van der Waals surface area contributed by atoms with Gasteiger partial charge in [0.1, 0.15) is 0 Å². The Morgan fingerprint density at radius 1 is 0.800 bits per heavy atom. The molecular formula is C18H14OS. The number of hydrogen-bond donors (Lipinski definition) is 0. The third-order valence-corrected chi connectivity index (χ3v) is 4.21. The van der Waals surface area contributed by atoms with Gasteiger partial charge >= 0.3 is 0 Å². The van der Waals surface area contributed by atoms with Crippen molar-refractivity contribution in [1.29, 1.82) is 0 Å². The van der Waals surface area contributed by atoms with Gasteiger partial charge < -0.3 is 0 Å². The Hall–Kier alpha value is -2.06. The van der Waals surface area contributed by atoms with Crippen LogP contribution >= 0.6 is 11.8 Å². The van der Waals surface area contributed by atoms with Gasteiger partial charge in [0.25, 0.3) is 0 Å². The SMILES string of the molecule is CC(=O)c1ccc(Sc2ccc3ccccc3c2)cc1. The van der Waals surface area contributed by atoms with E-state index in [4.69, 9.17) is 0 Å². The van der Waals surface area contributed by atoms with Gasteiger partial charge in [-0.25, -0.2) is 0 Å². The monoisotopic (exact) mass is 278 g/mol. The number of carbonyl (C=O) groups is 1. The zero-order valence-corrected chi connectivity index (χ0v) is 12.0. The lowest BCUT2D eigenvalue weighted by molar-refractivity contribution is 0.101. The van der Waals surface area contributed by atoms with Gasteiger partial charge in [-0.1, -0.05) is 54.2 Å². The summed E-state index contributed by atoms with van der Waals surface area (Å²) in [6.07, 6.45) is 0. The van der Waals surface area contributed by atoms with E-state index in [1.807, 2.05) is 24.3 Å². The lowest BCUT2D eigenvalue weighted by Crippen LogP contribution is -1.90. The van der Waals surface area contributed by atoms with Crippen molar-refractivity contribution >= 4 is 28.3 Å². The Bertz CT molecular complexity index is 760. The molecule has 3 aromatic rings. The topological polar surface area (TPSA) is 17.1 Å². The molecule has 0 aliphatic rings. The van der Waals surface area contributed by atoms with Crippen molar-refractivity contribution in [1.82, 2.24) is 0 Å². The van der Waals surface area contributed by atoms with Crippen LogP contribution in [0.25, 0.3) is 10.8 Å². The largest absolute Gasteiger partial charge is 0.295 e. The van der Waals surface area contributed by atoms with Crippen molar-refractivity contribution in [2.75, 3.05) is 0 Å². The molecule has 0 fully saturated rings. The first-order chi connectivity index (χ1) is 9.72. The quantitative estimate of drug-likeness (QED) is 0.613. The molecule has 0 aliphatic heterocycles. The van der Waals surface area contributed by atoms with Crippen LogP contribution in [0.5, 0.6) is 0 Å². The van der Waals surface area contributed by atoms with Gasteiger partial charge in [-0.3, -0.25) is 4.79 Å². The minimum absolute atomic E-state index is 0.104. The summed E-state index contributed by atoms with van der Waals surface area (Å²) in [7, 11) is 0. The first-order valence-corrected chi connectivity index (χ1v) is 7.32. The van der Waals surface area contributed by atoms with Crippen molar-refractivity contribution in [3.63, 3.8) is 0 Å². The molecule has 0 aromatic heterocycles. The maximum atomic E-state index is 11.3. The minimum atomic E-state index is 0.104. The number of ketones is 1. The molecule has 1 nitrogen and oxygen atoms in total. The van der Waals surface area contributed by atoms with Crippen LogP contribution in [0, 0.1) is 0 Å². The highest BCUT2D eigenvalue weighted by atomic mass is 32.2. The second kappa shape index (κ2) is 5.51. The fraction of sp³-hybridized carbons (Fsp3) is 0.0556. The van der Waals surface area contributed by atoms with Crippen molar-refractivity contribution < 1.29 is 4.79 Å². The van der Waals surface area contributed by atoms with Crippen LogP contribution in [0.3, 0.4) is 0 Å². The maximum Gasteiger partial charge on any atom is 0.159 e. The molecule has 20 heavy (non-hydrogen) atoms. The number of benzene rings is 3. The Kier molecular flexibility index (Phi) is 3.57. The van der Waals surface area contributed by atoms with E-state index in [0.29, 0.717) is 0 Å². The molecule has 0 spiro atoms. The molecule has 98 valence electrons. The summed E-state index contributed by atoms with van der Waals surface area (Å²) in [6.45, 7) is 1.59. The molecule has 2 heteroatoms. The first kappa shape index (κ1) is 12.9. The fourth-order valence-electron chi connectivity index (χ4n) is 2.12. The van der Waals surface area contributed by atoms with Crippen molar-refractivity contribution in [3.8, 4) is 0 Å². The molecule has 0 radical (unpaired) electrons. The van der Waals surface area contributed by atoms with Crippen LogP contribution in [-0.4, -0.2) is 5.78 Å². The first-order valence-electron chi connectivity index (χ1n) is 6.50. The summed E-state index contributed by atoms with van der Waals surface area (Å²) in [5, 5.41) is 2.50. The standard InChI is InChI=1S/C18H14OS/c1-13(19)14-6-9-17(10-7-14)20-18-11-8-15-4-2-3-5-16(15)12-18/h2-12H,1H3. The summed E-state index contributed by atoms with van der Waals surface area (Å²) in [6, 6.07) is 22.6. The van der Waals surface area contributed by atoms with E-state index in [0.717, 1.165) is 10.5 Å². The minimum Gasteiger partial charge on any atom is -0.295 e. The summed E-state index contributed by atoms with van der Waals surface area (Å²) >= 11 is 1.71. The average molecular weight is 278 g/mol. The molecule has 0 saturated carbocycles. The molecule has 0 unspecified atom stereocenters. The van der Waals surface area contributed by atoms with Crippen LogP contribution in [0.1, 0.15) is 17.3 Å². The Morgan fingerprint density at radius 3 is 2.15 bits per heavy atom. The molecule has 0 N–H and O–H groups in total. The second-order valence-corrected chi connectivity index (χ2v) is 5.84. The van der Waals surface area contributed by atoms with E-state index in [9.17, 15) is 4.79 Å². The van der Waals surface area contributed by atoms with Crippen LogP contribution in [-0.2, 0) is 0 Å². The molecule has 0 bridgehead atoms. The van der Waals surface area contributed by atoms with E-state index in [-0.39, 0.29) is 5.78 Å². The number of fused-ring (bicyclic) bond motifs is 1. The summed E-state index contributed by atoms with van der Waals surface area (Å²) in [4.78, 5) is 13.6. The third kappa shape index (κ3) is 2.75. The number of hydrogen-bond acceptors (Lipinski definition) is 2. The van der Waals surface area contributed by atoms with Crippen molar-refractivity contribution in [2.24, 2.45) is 0 Å². The van der Waals surface area contributed by atoms with Crippen LogP contribution in [0.2, 0.25) is 0 Å². The van der Waals surface area contributed by atoms with Gasteiger partial charge in [0.15, 0.2) is 5.78 Å². The highest BCUT2D eigenvalue weighted by Crippen LogP contribution is 2.30. The Balaban J connectivity index is 1.87. The van der Waals surface area contributed by atoms with Gasteiger partial charge in [0.05, 0.1) is 0 Å². The Labute approximate surface area is 122 Å². The lowest BCUT2D eigenvalue weighted by Gasteiger charge is -2.04. The summed E-state index contributed by atoms with van der Waals surface area (Å²) in [5.41, 5.74) is 0.757. The molecule has 3 rings (SSSR count). The van der Waals surface area contributed by atoms with E-state index >= 15 is 0 Å². The predicted octanol–water partition coefficient (Wildman–Crippen LogP) is 5.19. The van der Waals surface area contributed by atoms with E-state index in [2.05, 4.69) is 42.5 Å². The normalized spacial score (nSPS) is 10.7. The molecular weight excluding hydrogens is 264 g/mol. The zero-order valence-electron chi connectivity index (χ0n) is 11.2. The number of Topliss-reactive ketones (excluding diaryl/α,β-unsaturated/α-hetero) is 1. The van der Waals surface area contributed by atoms with Gasteiger partial charge in [-0.15, -0.1) is 0 Å². The highest BCUT2D eigenvalue weighted by Gasteiger charge is 2.02. The van der Waals surface area contributed by atoms with Crippen LogP contribution in [0.4, 0.5) is 0 Å². The van der Waals surface area contributed by atoms with Gasteiger partial charge in [0, 0.05) is 15.4 Å². The van der Waals surface area contributed by atoms with E-state index in [1.54, 1.807) is 18.7 Å². The van der Waals surface area contributed by atoms with Crippen molar-refractivity contribution in [3.05, 3.63) is 72.3 Å². The van der Waals surface area contributed by atoms with Gasteiger partial charge in [-0.05, 0) is 42.0 Å². The molecule has 0 amide bonds. The Morgan fingerprint density at radius 2 is 1.45 bits per heavy atom. The van der Waals surface area contributed by atoms with Gasteiger partial charge in [-0.2, -0.15) is 0 Å². The smallest absolute Gasteiger partial charge is 0.159 e. The number of rotatable bonds is 3. The fourth-order valence-corrected chi connectivity index (χ4v) is 2.99. The maximum absolute atomic E-state index is 11.3. The average Bonchev–Trinajstić information content (AvgIpc) is 2.48. The summed E-state index contributed by atoms with van der Waals surface area (Å²) in [5.74, 6) is 0.104. The van der Waals surface area contributed by atoms with Crippen LogP contribution in [0.15, 0.2) is 76.5 Å². The third-order valence-electron chi connectivity index (χ3n) is 3.22. The second-order valence-electron chi connectivity index (χ2n) is 4.69. The molecule has 0 aliphatic carbocycles. The van der Waals surface area contributed by atoms with E-state index < -0.39 is 0 Å². The van der Waals surface area contributed by atoms with Gasteiger partial charge in [0.2, 0.25) is 0 Å². The van der Waals surface area contributed by atoms with E-state index in [1.165, 1.54) is 15.7 Å².